The molecule has 158 valence electrons. The first-order valence-electron chi connectivity index (χ1n) is 9.60. The Bertz CT molecular complexity index is 960. The van der Waals surface area contributed by atoms with E-state index in [2.05, 4.69) is 15.6 Å². The lowest BCUT2D eigenvalue weighted by Crippen LogP contribution is -2.36. The summed E-state index contributed by atoms with van der Waals surface area (Å²) >= 11 is 6.21. The molecule has 2 aliphatic heterocycles. The molecule has 2 aromatic carbocycles. The van der Waals surface area contributed by atoms with Crippen LogP contribution in [0.2, 0.25) is 5.02 Å². The van der Waals surface area contributed by atoms with Crippen molar-refractivity contribution in [2.45, 2.75) is 18.9 Å². The third-order valence-electron chi connectivity index (χ3n) is 4.76. The van der Waals surface area contributed by atoms with Crippen LogP contribution in [-0.2, 0) is 4.74 Å². The van der Waals surface area contributed by atoms with Crippen LogP contribution in [0.3, 0.4) is 0 Å². The fraction of sp³-hybridized carbons (Fsp3) is 0.333. The molecule has 0 bridgehead atoms. The van der Waals surface area contributed by atoms with E-state index in [-0.39, 0.29) is 18.8 Å². The van der Waals surface area contributed by atoms with Crippen LogP contribution in [0.4, 0.5) is 5.69 Å². The van der Waals surface area contributed by atoms with Crippen LogP contribution < -0.4 is 24.8 Å². The maximum Gasteiger partial charge on any atom is 0.258 e. The Kier molecular flexibility index (Phi) is 6.25. The van der Waals surface area contributed by atoms with Gasteiger partial charge in [0.2, 0.25) is 12.8 Å². The average Bonchev–Trinajstić information content (AvgIpc) is 3.43. The van der Waals surface area contributed by atoms with Crippen LogP contribution in [-0.4, -0.2) is 45.0 Å². The van der Waals surface area contributed by atoms with Gasteiger partial charge in [-0.2, -0.15) is 0 Å². The quantitative estimate of drug-likeness (QED) is 0.556. The predicted molar refractivity (Wildman–Crippen MR) is 113 cm³/mol. The minimum Gasteiger partial charge on any atom is -0.495 e. The highest BCUT2D eigenvalue weighted by molar-refractivity contribution is 6.32. The molecule has 0 unspecified atom stereocenters. The summed E-state index contributed by atoms with van der Waals surface area (Å²) in [4.78, 5) is 17.3. The number of nitrogens with zero attached hydrogens (tertiary/aromatic N) is 1. The molecule has 9 heteroatoms. The van der Waals surface area contributed by atoms with Crippen molar-refractivity contribution < 1.29 is 23.7 Å². The Labute approximate surface area is 179 Å². The molecule has 0 radical (unpaired) electrons. The third-order valence-corrected chi connectivity index (χ3v) is 5.05. The molecule has 2 heterocycles. The fourth-order valence-corrected chi connectivity index (χ4v) is 3.45. The molecule has 0 spiro atoms. The average molecular weight is 432 g/mol. The molecule has 1 saturated heterocycles. The summed E-state index contributed by atoms with van der Waals surface area (Å²) in [7, 11) is 1.55. The number of benzene rings is 2. The number of nitrogens with one attached hydrogen (secondary N) is 2. The maximum atomic E-state index is 12.8. The Morgan fingerprint density at radius 1 is 1.23 bits per heavy atom. The zero-order chi connectivity index (χ0) is 20.9. The van der Waals surface area contributed by atoms with E-state index in [0.717, 1.165) is 19.4 Å². The van der Waals surface area contributed by atoms with Crippen LogP contribution in [0.25, 0.3) is 0 Å². The lowest BCUT2D eigenvalue weighted by Gasteiger charge is -2.14. The minimum absolute atomic E-state index is 0.0451. The van der Waals surface area contributed by atoms with Gasteiger partial charge in [0.15, 0.2) is 11.5 Å². The minimum atomic E-state index is -0.327. The van der Waals surface area contributed by atoms with Crippen molar-refractivity contribution in [2.75, 3.05) is 32.4 Å². The number of ether oxygens (including phenoxy) is 4. The number of anilines is 1. The molecule has 0 aromatic heterocycles. The normalized spacial score (nSPS) is 17.7. The Morgan fingerprint density at radius 3 is 2.87 bits per heavy atom. The molecule has 0 saturated carbocycles. The molecular formula is C21H22ClN3O5. The number of halogens is 1. The van der Waals surface area contributed by atoms with E-state index in [1.165, 1.54) is 0 Å². The van der Waals surface area contributed by atoms with Gasteiger partial charge in [0, 0.05) is 17.9 Å². The molecular weight excluding hydrogens is 410 g/mol. The van der Waals surface area contributed by atoms with Crippen molar-refractivity contribution in [3.05, 3.63) is 47.0 Å². The molecule has 1 atom stereocenters. The van der Waals surface area contributed by atoms with Crippen molar-refractivity contribution >= 4 is 29.2 Å². The van der Waals surface area contributed by atoms with Crippen molar-refractivity contribution in [1.82, 2.24) is 5.32 Å². The first kappa shape index (κ1) is 20.3. The second-order valence-corrected chi connectivity index (χ2v) is 7.23. The van der Waals surface area contributed by atoms with Gasteiger partial charge in [-0.1, -0.05) is 11.6 Å². The fourth-order valence-electron chi connectivity index (χ4n) is 3.19. The highest BCUT2D eigenvalue weighted by Gasteiger charge is 2.19. The number of methoxy groups -OCH3 is 1. The van der Waals surface area contributed by atoms with Gasteiger partial charge in [0.25, 0.3) is 5.91 Å². The molecule has 4 rings (SSSR count). The monoisotopic (exact) mass is 431 g/mol. The third kappa shape index (κ3) is 4.77. The van der Waals surface area contributed by atoms with Gasteiger partial charge in [0.05, 0.1) is 24.8 Å². The Balaban J connectivity index is 1.51. The van der Waals surface area contributed by atoms with Gasteiger partial charge >= 0.3 is 0 Å². The number of carbonyl (C=O) groups is 1. The van der Waals surface area contributed by atoms with E-state index in [1.54, 1.807) is 43.5 Å². The summed E-state index contributed by atoms with van der Waals surface area (Å²) in [5.41, 5.74) is 1.09. The van der Waals surface area contributed by atoms with Crippen LogP contribution in [0, 0.1) is 0 Å². The molecule has 1 fully saturated rings. The number of hydrogen-bond acceptors (Lipinski definition) is 6. The molecule has 30 heavy (non-hydrogen) atoms. The highest BCUT2D eigenvalue weighted by Crippen LogP contribution is 2.32. The highest BCUT2D eigenvalue weighted by atomic mass is 35.5. The SMILES string of the molecule is COc1ccc(NC(=NC[C@@H]2CCCO2)NC(=O)c2ccc3c(c2)OCO3)cc1Cl. The van der Waals surface area contributed by atoms with Gasteiger partial charge in [-0.15, -0.1) is 0 Å². The van der Waals surface area contributed by atoms with Crippen LogP contribution in [0.1, 0.15) is 23.2 Å². The van der Waals surface area contributed by atoms with Crippen LogP contribution in [0.15, 0.2) is 41.4 Å². The van der Waals surface area contributed by atoms with E-state index >= 15 is 0 Å². The summed E-state index contributed by atoms with van der Waals surface area (Å²) in [6, 6.07) is 10.2. The largest absolute Gasteiger partial charge is 0.495 e. The lowest BCUT2D eigenvalue weighted by molar-refractivity contribution is 0.0975. The molecule has 2 aliphatic rings. The van der Waals surface area contributed by atoms with E-state index in [0.29, 0.717) is 46.0 Å². The maximum absolute atomic E-state index is 12.8. The molecule has 2 N–H and O–H groups in total. The van der Waals surface area contributed by atoms with Gasteiger partial charge in [-0.3, -0.25) is 10.1 Å². The number of amides is 1. The molecule has 2 aromatic rings. The van der Waals surface area contributed by atoms with E-state index < -0.39 is 0 Å². The van der Waals surface area contributed by atoms with Gasteiger partial charge in [-0.25, -0.2) is 4.99 Å². The summed E-state index contributed by atoms with van der Waals surface area (Å²) in [5.74, 6) is 1.69. The smallest absolute Gasteiger partial charge is 0.258 e. The van der Waals surface area contributed by atoms with Crippen molar-refractivity contribution in [1.29, 1.82) is 0 Å². The summed E-state index contributed by atoms with van der Waals surface area (Å²) in [6.07, 6.45) is 2.01. The second kappa shape index (κ2) is 9.23. The molecule has 1 amide bonds. The van der Waals surface area contributed by atoms with E-state index in [9.17, 15) is 4.79 Å². The van der Waals surface area contributed by atoms with Crippen LogP contribution in [0.5, 0.6) is 17.2 Å². The number of carbonyl (C=O) groups excluding carboxylic acids is 1. The topological polar surface area (TPSA) is 90.4 Å². The van der Waals surface area contributed by atoms with Gasteiger partial charge in [-0.05, 0) is 49.2 Å². The lowest BCUT2D eigenvalue weighted by atomic mass is 10.2. The zero-order valence-electron chi connectivity index (χ0n) is 16.4. The Hall–Kier alpha value is -2.97. The molecule has 0 aliphatic carbocycles. The Morgan fingerprint density at radius 2 is 2.10 bits per heavy atom. The van der Waals surface area contributed by atoms with E-state index in [4.69, 9.17) is 30.5 Å². The van der Waals surface area contributed by atoms with Gasteiger partial charge < -0.3 is 24.3 Å². The number of guanidine groups is 1. The standard InChI is InChI=1S/C21H22ClN3O5/c1-27-17-7-5-14(10-16(17)22)24-21(23-11-15-3-2-8-28-15)25-20(26)13-4-6-18-19(9-13)30-12-29-18/h4-7,9-10,15H,2-3,8,11-12H2,1H3,(H2,23,24,25,26)/t15-/m0/s1. The van der Waals surface area contributed by atoms with Crippen molar-refractivity contribution in [3.63, 3.8) is 0 Å². The number of rotatable bonds is 5. The van der Waals surface area contributed by atoms with Crippen molar-refractivity contribution in [2.24, 2.45) is 4.99 Å². The first-order chi connectivity index (χ1) is 14.6. The van der Waals surface area contributed by atoms with Crippen molar-refractivity contribution in [3.8, 4) is 17.2 Å². The van der Waals surface area contributed by atoms with Crippen LogP contribution >= 0.6 is 11.6 Å². The second-order valence-electron chi connectivity index (χ2n) is 6.82. The zero-order valence-corrected chi connectivity index (χ0v) is 17.2. The predicted octanol–water partition coefficient (Wildman–Crippen LogP) is 3.45. The molecule has 8 nitrogen and oxygen atoms in total. The number of hydrogen-bond donors (Lipinski definition) is 2. The summed E-state index contributed by atoms with van der Waals surface area (Å²) < 4.78 is 21.4. The first-order valence-corrected chi connectivity index (χ1v) is 9.98. The summed E-state index contributed by atoms with van der Waals surface area (Å²) in [6.45, 7) is 1.32. The van der Waals surface area contributed by atoms with E-state index in [1.807, 2.05) is 0 Å². The summed E-state index contributed by atoms with van der Waals surface area (Å²) in [5, 5.41) is 6.38. The number of fused-ring (bicyclic) bond motifs is 1. The van der Waals surface area contributed by atoms with Gasteiger partial charge in [0.1, 0.15) is 5.75 Å². The number of aliphatic imine (C=N–C) groups is 1.